The van der Waals surface area contributed by atoms with Gasteiger partial charge in [-0.15, -0.1) is 0 Å². The summed E-state index contributed by atoms with van der Waals surface area (Å²) in [5.41, 5.74) is 1.13. The molecule has 182 valence electrons. The van der Waals surface area contributed by atoms with Crippen LogP contribution in [0, 0.1) is 17.7 Å². The summed E-state index contributed by atoms with van der Waals surface area (Å²) >= 11 is 12.3. The van der Waals surface area contributed by atoms with E-state index in [-0.39, 0.29) is 22.9 Å². The van der Waals surface area contributed by atoms with E-state index >= 15 is 0 Å². The molecule has 2 aliphatic heterocycles. The van der Waals surface area contributed by atoms with E-state index in [1.165, 1.54) is 12.5 Å². The van der Waals surface area contributed by atoms with Gasteiger partial charge in [-0.1, -0.05) is 54.6 Å². The smallest absolute Gasteiger partial charge is 0.228 e. The predicted molar refractivity (Wildman–Crippen MR) is 134 cm³/mol. The average Bonchev–Trinajstić information content (AvgIpc) is 3.19. The van der Waals surface area contributed by atoms with E-state index in [2.05, 4.69) is 16.0 Å². The van der Waals surface area contributed by atoms with E-state index in [4.69, 9.17) is 27.9 Å². The average molecular weight is 506 g/mol. The molecule has 0 aromatic heterocycles. The first kappa shape index (κ1) is 23.7. The minimum Gasteiger partial charge on any atom is -0.381 e. The number of fused-ring (bicyclic) bond motifs is 1. The molecule has 0 bridgehead atoms. The van der Waals surface area contributed by atoms with Crippen LogP contribution in [-0.2, 0) is 15.2 Å². The molecule has 2 atom stereocenters. The van der Waals surface area contributed by atoms with Crippen LogP contribution in [0.2, 0.25) is 10.0 Å². The number of rotatable bonds is 5. The number of amides is 1. The molecule has 1 aliphatic carbocycles. The highest BCUT2D eigenvalue weighted by Crippen LogP contribution is 2.49. The van der Waals surface area contributed by atoms with Crippen molar-refractivity contribution in [2.24, 2.45) is 11.8 Å². The van der Waals surface area contributed by atoms with Crippen LogP contribution in [0.1, 0.15) is 50.5 Å². The molecule has 0 radical (unpaired) electrons. The molecule has 1 amide bonds. The summed E-state index contributed by atoms with van der Waals surface area (Å²) in [7, 11) is 0. The van der Waals surface area contributed by atoms with Gasteiger partial charge in [0.15, 0.2) is 0 Å². The Morgan fingerprint density at radius 1 is 1.00 bits per heavy atom. The molecule has 1 saturated carbocycles. The van der Waals surface area contributed by atoms with Crippen molar-refractivity contribution in [3.8, 4) is 0 Å². The SMILES string of the molecule is O=C(NC1CCCCC1)[C@@H](C1CCOCC1)C1(c2ccc(Cl)cc2)Nc2cc(F)c(Cl)cc2N1. The van der Waals surface area contributed by atoms with Crippen molar-refractivity contribution in [3.05, 3.63) is 57.8 Å². The maximum Gasteiger partial charge on any atom is 0.228 e. The summed E-state index contributed by atoms with van der Waals surface area (Å²) < 4.78 is 20.0. The lowest BCUT2D eigenvalue weighted by Crippen LogP contribution is -2.57. The van der Waals surface area contributed by atoms with Crippen molar-refractivity contribution in [1.82, 2.24) is 5.32 Å². The third-order valence-corrected chi connectivity index (χ3v) is 8.00. The number of carbonyl (C=O) groups is 1. The van der Waals surface area contributed by atoms with Gasteiger partial charge in [0.1, 0.15) is 11.5 Å². The fourth-order valence-corrected chi connectivity index (χ4v) is 6.04. The van der Waals surface area contributed by atoms with E-state index < -0.39 is 17.4 Å². The summed E-state index contributed by atoms with van der Waals surface area (Å²) in [6, 6.07) is 10.6. The van der Waals surface area contributed by atoms with Crippen LogP contribution in [0.5, 0.6) is 0 Å². The van der Waals surface area contributed by atoms with Crippen molar-refractivity contribution >= 4 is 40.5 Å². The molecule has 2 aromatic rings. The van der Waals surface area contributed by atoms with Gasteiger partial charge >= 0.3 is 0 Å². The van der Waals surface area contributed by atoms with Crippen molar-refractivity contribution in [3.63, 3.8) is 0 Å². The second kappa shape index (κ2) is 9.92. The Labute approximate surface area is 209 Å². The van der Waals surface area contributed by atoms with Gasteiger partial charge in [0, 0.05) is 30.3 Å². The topological polar surface area (TPSA) is 62.4 Å². The Kier molecular flexibility index (Phi) is 6.92. The van der Waals surface area contributed by atoms with Crippen LogP contribution < -0.4 is 16.0 Å². The van der Waals surface area contributed by atoms with E-state index in [1.807, 2.05) is 24.3 Å². The largest absolute Gasteiger partial charge is 0.381 e. The quantitative estimate of drug-likeness (QED) is 0.445. The fraction of sp³-hybridized carbons (Fsp3) is 0.500. The van der Waals surface area contributed by atoms with Gasteiger partial charge in [-0.3, -0.25) is 4.79 Å². The Hall–Kier alpha value is -2.02. The molecule has 3 aliphatic rings. The molecule has 34 heavy (non-hydrogen) atoms. The van der Waals surface area contributed by atoms with Crippen LogP contribution in [0.25, 0.3) is 0 Å². The number of benzene rings is 2. The lowest BCUT2D eigenvalue weighted by atomic mass is 9.73. The first-order valence-corrected chi connectivity index (χ1v) is 12.9. The minimum atomic E-state index is -0.981. The molecule has 1 saturated heterocycles. The number of halogens is 3. The molecule has 3 N–H and O–H groups in total. The van der Waals surface area contributed by atoms with Crippen LogP contribution in [0.3, 0.4) is 0 Å². The zero-order valence-corrected chi connectivity index (χ0v) is 20.5. The fourth-order valence-electron chi connectivity index (χ4n) is 5.75. The second-order valence-corrected chi connectivity index (χ2v) is 10.5. The maximum absolute atomic E-state index is 14.4. The molecule has 0 spiro atoms. The van der Waals surface area contributed by atoms with Gasteiger partial charge in [0.2, 0.25) is 5.91 Å². The van der Waals surface area contributed by atoms with Crippen LogP contribution in [0.15, 0.2) is 36.4 Å². The third-order valence-electron chi connectivity index (χ3n) is 7.46. The summed E-state index contributed by atoms with van der Waals surface area (Å²) in [5, 5.41) is 11.1. The lowest BCUT2D eigenvalue weighted by molar-refractivity contribution is -0.131. The van der Waals surface area contributed by atoms with Crippen molar-refractivity contribution in [1.29, 1.82) is 0 Å². The highest BCUT2D eigenvalue weighted by atomic mass is 35.5. The first-order valence-electron chi connectivity index (χ1n) is 12.2. The maximum atomic E-state index is 14.4. The summed E-state index contributed by atoms with van der Waals surface area (Å²) in [6.45, 7) is 1.23. The van der Waals surface area contributed by atoms with Crippen molar-refractivity contribution in [2.75, 3.05) is 23.8 Å². The number of carbonyl (C=O) groups excluding carboxylic acids is 1. The highest BCUT2D eigenvalue weighted by molar-refractivity contribution is 6.31. The summed E-state index contributed by atoms with van der Waals surface area (Å²) in [4.78, 5) is 14.1. The Bertz CT molecular complexity index is 1010. The van der Waals surface area contributed by atoms with Crippen molar-refractivity contribution in [2.45, 2.75) is 56.7 Å². The molecular formula is C26H30Cl2FN3O2. The lowest BCUT2D eigenvalue weighted by Gasteiger charge is -2.44. The Balaban J connectivity index is 1.58. The molecule has 2 fully saturated rings. The number of hydrogen-bond acceptors (Lipinski definition) is 4. The predicted octanol–water partition coefficient (Wildman–Crippen LogP) is 6.31. The number of hydrogen-bond donors (Lipinski definition) is 3. The molecular weight excluding hydrogens is 476 g/mol. The van der Waals surface area contributed by atoms with Crippen molar-refractivity contribution < 1.29 is 13.9 Å². The van der Waals surface area contributed by atoms with E-state index in [0.717, 1.165) is 44.1 Å². The zero-order valence-electron chi connectivity index (χ0n) is 19.0. The van der Waals surface area contributed by atoms with Gasteiger partial charge in [-0.2, -0.15) is 0 Å². The summed E-state index contributed by atoms with van der Waals surface area (Å²) in [6.07, 6.45) is 7.03. The summed E-state index contributed by atoms with van der Waals surface area (Å²) in [5.74, 6) is -0.889. The number of ether oxygens (including phenoxy) is 1. The van der Waals surface area contributed by atoms with Gasteiger partial charge in [-0.05, 0) is 55.4 Å². The van der Waals surface area contributed by atoms with Gasteiger partial charge < -0.3 is 20.7 Å². The molecule has 2 aromatic carbocycles. The number of anilines is 2. The van der Waals surface area contributed by atoms with E-state index in [1.54, 1.807) is 6.07 Å². The first-order chi connectivity index (χ1) is 16.5. The Morgan fingerprint density at radius 3 is 2.32 bits per heavy atom. The van der Waals surface area contributed by atoms with Crippen LogP contribution in [0.4, 0.5) is 15.8 Å². The number of nitrogens with one attached hydrogen (secondary N) is 3. The van der Waals surface area contributed by atoms with Gasteiger partial charge in [-0.25, -0.2) is 4.39 Å². The monoisotopic (exact) mass is 505 g/mol. The van der Waals surface area contributed by atoms with Crippen LogP contribution >= 0.6 is 23.2 Å². The molecule has 1 unspecified atom stereocenters. The van der Waals surface area contributed by atoms with Gasteiger partial charge in [0.05, 0.1) is 22.3 Å². The van der Waals surface area contributed by atoms with Crippen LogP contribution in [-0.4, -0.2) is 25.2 Å². The van der Waals surface area contributed by atoms with E-state index in [0.29, 0.717) is 29.6 Å². The highest BCUT2D eigenvalue weighted by Gasteiger charge is 2.52. The molecule has 5 rings (SSSR count). The third kappa shape index (κ3) is 4.60. The molecule has 2 heterocycles. The normalized spacial score (nSPS) is 24.1. The minimum absolute atomic E-state index is 0.00752. The van der Waals surface area contributed by atoms with Gasteiger partial charge in [0.25, 0.3) is 0 Å². The second-order valence-electron chi connectivity index (χ2n) is 9.65. The van der Waals surface area contributed by atoms with E-state index in [9.17, 15) is 9.18 Å². The molecule has 8 heteroatoms. The molecule has 5 nitrogen and oxygen atoms in total. The Morgan fingerprint density at radius 2 is 1.65 bits per heavy atom. The zero-order chi connectivity index (χ0) is 23.7. The standard InChI is InChI=1S/C26H30Cl2FN3O2/c27-18-8-6-17(7-9-18)26(31-22-14-20(28)21(29)15-23(22)32-26)24(16-10-12-34-13-11-16)25(33)30-19-4-2-1-3-5-19/h6-9,14-16,19,24,31-32H,1-5,10-13H2,(H,30,33)/t24-,26?/m1/s1.